The van der Waals surface area contributed by atoms with Gasteiger partial charge in [0.25, 0.3) is 0 Å². The van der Waals surface area contributed by atoms with Gasteiger partial charge in [-0.15, -0.1) is 0 Å². The van der Waals surface area contributed by atoms with Crippen molar-refractivity contribution in [3.05, 3.63) is 53.2 Å². The molecule has 1 aliphatic heterocycles. The second-order valence-corrected chi connectivity index (χ2v) is 9.74. The van der Waals surface area contributed by atoms with E-state index in [0.29, 0.717) is 16.9 Å². The van der Waals surface area contributed by atoms with Gasteiger partial charge in [0.15, 0.2) is 0 Å². The summed E-state index contributed by atoms with van der Waals surface area (Å²) in [4.78, 5) is 16.8. The van der Waals surface area contributed by atoms with Crippen LogP contribution < -0.4 is 4.90 Å². The van der Waals surface area contributed by atoms with Crippen LogP contribution in [0.3, 0.4) is 0 Å². The van der Waals surface area contributed by atoms with Crippen LogP contribution in [0.2, 0.25) is 0 Å². The molecule has 0 aliphatic carbocycles. The quantitative estimate of drug-likeness (QED) is 0.720. The van der Waals surface area contributed by atoms with Gasteiger partial charge in [0, 0.05) is 31.4 Å². The van der Waals surface area contributed by atoms with Gasteiger partial charge in [-0.3, -0.25) is 4.79 Å². The maximum atomic E-state index is 13.3. The van der Waals surface area contributed by atoms with Crippen molar-refractivity contribution < 1.29 is 31.5 Å². The number of sulfonamides is 1. The van der Waals surface area contributed by atoms with Crippen molar-refractivity contribution in [3.8, 4) is 0 Å². The summed E-state index contributed by atoms with van der Waals surface area (Å²) >= 11 is 0. The lowest BCUT2D eigenvalue weighted by Crippen LogP contribution is -2.59. The molecule has 0 bridgehead atoms. The Bertz CT molecular complexity index is 1100. The van der Waals surface area contributed by atoms with Crippen molar-refractivity contribution in [2.75, 3.05) is 18.0 Å². The van der Waals surface area contributed by atoms with E-state index in [1.165, 1.54) is 22.5 Å². The predicted octanol–water partition coefficient (Wildman–Crippen LogP) is 3.32. The molecule has 7 nitrogen and oxygen atoms in total. The number of hydrogen-bond donors (Lipinski definition) is 1. The van der Waals surface area contributed by atoms with Gasteiger partial charge in [-0.25, -0.2) is 13.4 Å². The number of carboxylic acids is 1. The van der Waals surface area contributed by atoms with Crippen molar-refractivity contribution in [3.63, 3.8) is 0 Å². The minimum absolute atomic E-state index is 0.0134. The van der Waals surface area contributed by atoms with Gasteiger partial charge in [0.05, 0.1) is 16.9 Å². The number of aromatic nitrogens is 1. The molecule has 1 saturated heterocycles. The minimum Gasteiger partial charge on any atom is -0.481 e. The number of rotatable bonds is 5. The Morgan fingerprint density at radius 1 is 1.16 bits per heavy atom. The number of pyridine rings is 1. The first-order chi connectivity index (χ1) is 14.8. The summed E-state index contributed by atoms with van der Waals surface area (Å²) in [7, 11) is -3.91. The number of nitrogens with zero attached hydrogens (tertiary/aromatic N) is 3. The van der Waals surface area contributed by atoms with Crippen molar-refractivity contribution in [2.45, 2.75) is 50.3 Å². The highest BCUT2D eigenvalue weighted by Crippen LogP contribution is 2.32. The summed E-state index contributed by atoms with van der Waals surface area (Å²) in [5, 5.41) is 9.08. The molecule has 2 atom stereocenters. The number of piperazine rings is 1. The lowest BCUT2D eigenvalue weighted by Gasteiger charge is -2.44. The first-order valence-electron chi connectivity index (χ1n) is 9.95. The normalized spacial score (nSPS) is 20.4. The van der Waals surface area contributed by atoms with Crippen LogP contribution in [0, 0.1) is 6.92 Å². The standard InChI is InChI=1S/C21H24F3N3O4S/c1-13-4-6-18(10-16(13)11-20(28)29)32(30,31)27-9-8-26(14(2)15(27)3)19-7-5-17(12-25-19)21(22,23)24/h4-7,10,12,14-15H,8-9,11H2,1-3H3,(H,28,29)/t14-,15+/m1/s1. The van der Waals surface area contributed by atoms with E-state index in [2.05, 4.69) is 4.98 Å². The van der Waals surface area contributed by atoms with Crippen molar-refractivity contribution in [2.24, 2.45) is 0 Å². The number of carboxylic acid groups (broad SMARTS) is 1. The fourth-order valence-corrected chi connectivity index (χ4v) is 5.54. The molecule has 0 radical (unpaired) electrons. The Morgan fingerprint density at radius 3 is 2.41 bits per heavy atom. The first kappa shape index (κ1) is 24.0. The fourth-order valence-electron chi connectivity index (χ4n) is 3.80. The summed E-state index contributed by atoms with van der Waals surface area (Å²) in [6.45, 7) is 5.59. The molecule has 0 spiro atoms. The van der Waals surface area contributed by atoms with Crippen LogP contribution in [0.15, 0.2) is 41.4 Å². The zero-order valence-electron chi connectivity index (χ0n) is 17.8. The third kappa shape index (κ3) is 4.73. The summed E-state index contributed by atoms with van der Waals surface area (Å²) in [6, 6.07) is 5.82. The Kier molecular flexibility index (Phi) is 6.52. The van der Waals surface area contributed by atoms with Crippen LogP contribution in [0.1, 0.15) is 30.5 Å². The number of anilines is 1. The summed E-state index contributed by atoms with van der Waals surface area (Å²) < 4.78 is 66.4. The van der Waals surface area contributed by atoms with Crippen molar-refractivity contribution in [1.29, 1.82) is 0 Å². The first-order valence-corrected chi connectivity index (χ1v) is 11.4. The van der Waals surface area contributed by atoms with E-state index in [1.807, 2.05) is 0 Å². The van der Waals surface area contributed by atoms with E-state index in [9.17, 15) is 26.4 Å². The molecule has 2 aromatic rings. The average Bonchev–Trinajstić information content (AvgIpc) is 2.70. The largest absolute Gasteiger partial charge is 0.481 e. The van der Waals surface area contributed by atoms with E-state index < -0.39 is 33.8 Å². The van der Waals surface area contributed by atoms with E-state index in [1.54, 1.807) is 31.7 Å². The number of carbonyl (C=O) groups is 1. The number of benzene rings is 1. The highest BCUT2D eigenvalue weighted by Gasteiger charge is 2.39. The molecule has 1 aromatic heterocycles. The van der Waals surface area contributed by atoms with Crippen LogP contribution in [0.4, 0.5) is 19.0 Å². The Morgan fingerprint density at radius 2 is 1.84 bits per heavy atom. The molecule has 3 rings (SSSR count). The number of aliphatic carboxylic acids is 1. The molecule has 1 aromatic carbocycles. The van der Waals surface area contributed by atoms with Crippen LogP contribution in [-0.4, -0.2) is 54.0 Å². The number of halogens is 3. The second-order valence-electron chi connectivity index (χ2n) is 7.85. The van der Waals surface area contributed by atoms with Gasteiger partial charge in [-0.1, -0.05) is 6.07 Å². The number of aryl methyl sites for hydroxylation is 1. The third-order valence-electron chi connectivity index (χ3n) is 5.84. The Hall–Kier alpha value is -2.66. The summed E-state index contributed by atoms with van der Waals surface area (Å²) in [6.07, 6.45) is -3.99. The topological polar surface area (TPSA) is 90.8 Å². The zero-order valence-corrected chi connectivity index (χ0v) is 18.6. The van der Waals surface area contributed by atoms with Gasteiger partial charge >= 0.3 is 12.1 Å². The molecule has 11 heteroatoms. The maximum Gasteiger partial charge on any atom is 0.417 e. The summed E-state index contributed by atoms with van der Waals surface area (Å²) in [5.74, 6) is -0.712. The smallest absolute Gasteiger partial charge is 0.417 e. The van der Waals surface area contributed by atoms with Crippen LogP contribution in [0.5, 0.6) is 0 Å². The second kappa shape index (κ2) is 8.70. The predicted molar refractivity (Wildman–Crippen MR) is 112 cm³/mol. The van der Waals surface area contributed by atoms with Gasteiger partial charge in [0.2, 0.25) is 10.0 Å². The SMILES string of the molecule is Cc1ccc(S(=O)(=O)N2CCN(c3ccc(C(F)(F)F)cn3)[C@H](C)[C@@H]2C)cc1CC(=O)O. The molecule has 0 saturated carbocycles. The highest BCUT2D eigenvalue weighted by molar-refractivity contribution is 7.89. The molecule has 174 valence electrons. The maximum absolute atomic E-state index is 13.3. The van der Waals surface area contributed by atoms with Gasteiger partial charge in [-0.05, 0) is 56.2 Å². The molecule has 2 heterocycles. The van der Waals surface area contributed by atoms with Crippen LogP contribution >= 0.6 is 0 Å². The average molecular weight is 472 g/mol. The fraction of sp³-hybridized carbons (Fsp3) is 0.429. The monoisotopic (exact) mass is 471 g/mol. The highest BCUT2D eigenvalue weighted by atomic mass is 32.2. The van der Waals surface area contributed by atoms with Crippen LogP contribution in [0.25, 0.3) is 0 Å². The number of hydrogen-bond acceptors (Lipinski definition) is 5. The molecule has 0 unspecified atom stereocenters. The lowest BCUT2D eigenvalue weighted by molar-refractivity contribution is -0.138. The van der Waals surface area contributed by atoms with Gasteiger partial charge < -0.3 is 10.0 Å². The van der Waals surface area contributed by atoms with E-state index >= 15 is 0 Å². The molecule has 0 amide bonds. The molecule has 1 N–H and O–H groups in total. The summed E-state index contributed by atoms with van der Waals surface area (Å²) in [5.41, 5.74) is 0.262. The van der Waals surface area contributed by atoms with Gasteiger partial charge in [-0.2, -0.15) is 17.5 Å². The molecule has 32 heavy (non-hydrogen) atoms. The zero-order chi connectivity index (χ0) is 23.8. The number of alkyl halides is 3. The van der Waals surface area contributed by atoms with Crippen molar-refractivity contribution >= 4 is 21.8 Å². The molecular formula is C21H24F3N3O4S. The minimum atomic E-state index is -4.48. The van der Waals surface area contributed by atoms with E-state index in [0.717, 1.165) is 12.3 Å². The Labute approximate surface area is 184 Å². The molecule has 1 aliphatic rings. The third-order valence-corrected chi connectivity index (χ3v) is 7.83. The van der Waals surface area contributed by atoms with Crippen LogP contribution in [-0.2, 0) is 27.4 Å². The molecular weight excluding hydrogens is 447 g/mol. The van der Waals surface area contributed by atoms with E-state index in [4.69, 9.17) is 5.11 Å². The van der Waals surface area contributed by atoms with Crippen molar-refractivity contribution in [1.82, 2.24) is 9.29 Å². The van der Waals surface area contributed by atoms with E-state index in [-0.39, 0.29) is 30.4 Å². The van der Waals surface area contributed by atoms with Gasteiger partial charge in [0.1, 0.15) is 5.82 Å². The lowest BCUT2D eigenvalue weighted by atomic mass is 10.1. The Balaban J connectivity index is 1.84. The molecule has 1 fully saturated rings.